The van der Waals surface area contributed by atoms with Crippen molar-refractivity contribution in [1.82, 2.24) is 10.3 Å². The third-order valence-electron chi connectivity index (χ3n) is 4.78. The Labute approximate surface area is 160 Å². The van der Waals surface area contributed by atoms with Gasteiger partial charge in [0.15, 0.2) is 22.3 Å². The molecule has 0 bridgehead atoms. The maximum atomic E-state index is 12.3. The topological polar surface area (TPSA) is 68.3 Å². The minimum absolute atomic E-state index is 0.148. The Balaban J connectivity index is 1.36. The van der Waals surface area contributed by atoms with Gasteiger partial charge in [0.05, 0.1) is 0 Å². The summed E-state index contributed by atoms with van der Waals surface area (Å²) in [5.74, 6) is 1.27. The number of nitrogens with one attached hydrogen (secondary N) is 1. The maximum Gasteiger partial charge on any atom is 0.287 e. The molecule has 4 rings (SSSR count). The van der Waals surface area contributed by atoms with Gasteiger partial charge in [-0.3, -0.25) is 4.79 Å². The smallest absolute Gasteiger partial charge is 0.287 e. The fraction of sp³-hybridized carbons (Fsp3) is 0.368. The number of fused-ring (bicyclic) bond motifs is 1. The Hall–Kier alpha value is -1.92. The lowest BCUT2D eigenvalue weighted by atomic mass is 9.86. The molecule has 1 aliphatic carbocycles. The monoisotopic (exact) mass is 390 g/mol. The molecule has 0 unspecified atom stereocenters. The molecule has 0 saturated heterocycles. The van der Waals surface area contributed by atoms with Gasteiger partial charge in [0.1, 0.15) is 5.52 Å². The van der Waals surface area contributed by atoms with Crippen molar-refractivity contribution in [2.45, 2.75) is 42.7 Å². The van der Waals surface area contributed by atoms with Crippen molar-refractivity contribution in [1.29, 1.82) is 0 Å². The van der Waals surface area contributed by atoms with Crippen molar-refractivity contribution < 1.29 is 13.6 Å². The molecule has 1 N–H and O–H groups in total. The van der Waals surface area contributed by atoms with Crippen LogP contribution in [0.5, 0.6) is 0 Å². The lowest BCUT2D eigenvalue weighted by molar-refractivity contribution is 0.0891. The molecule has 26 heavy (non-hydrogen) atoms. The van der Waals surface area contributed by atoms with Crippen LogP contribution in [0.4, 0.5) is 0 Å². The second-order valence-electron chi connectivity index (χ2n) is 6.51. The first-order valence-corrected chi connectivity index (χ1v) is 10.2. The highest BCUT2D eigenvalue weighted by atomic mass is 35.5. The van der Waals surface area contributed by atoms with E-state index >= 15 is 0 Å². The molecule has 1 fully saturated rings. The standard InChI is InChI=1S/C19H19ClN2O3S/c1-26-17-9-8-16(24-17)18(23)21-13-5-2-11(3-6-13)19-22-14-10-12(20)4-7-15(14)25-19/h4,7-11,13H,2-3,5-6H2,1H3,(H,21,23). The van der Waals surface area contributed by atoms with E-state index in [2.05, 4.69) is 10.3 Å². The zero-order valence-corrected chi connectivity index (χ0v) is 15.9. The Kier molecular flexibility index (Phi) is 4.96. The molecule has 136 valence electrons. The molecule has 1 amide bonds. The van der Waals surface area contributed by atoms with Gasteiger partial charge in [-0.1, -0.05) is 23.4 Å². The highest BCUT2D eigenvalue weighted by Crippen LogP contribution is 2.34. The number of furan rings is 1. The maximum absolute atomic E-state index is 12.3. The third-order valence-corrected chi connectivity index (χ3v) is 5.64. The van der Waals surface area contributed by atoms with Crippen LogP contribution in [0.1, 0.15) is 48.0 Å². The van der Waals surface area contributed by atoms with Gasteiger partial charge in [0.25, 0.3) is 5.91 Å². The van der Waals surface area contributed by atoms with Gasteiger partial charge in [-0.2, -0.15) is 0 Å². The van der Waals surface area contributed by atoms with Crippen molar-refractivity contribution in [3.8, 4) is 0 Å². The summed E-state index contributed by atoms with van der Waals surface area (Å²) in [6, 6.07) is 9.17. The molecule has 1 saturated carbocycles. The van der Waals surface area contributed by atoms with Crippen LogP contribution < -0.4 is 5.32 Å². The minimum atomic E-state index is -0.148. The number of oxazole rings is 1. The number of nitrogens with zero attached hydrogens (tertiary/aromatic N) is 1. The summed E-state index contributed by atoms with van der Waals surface area (Å²) < 4.78 is 11.4. The quantitative estimate of drug-likeness (QED) is 0.616. The Morgan fingerprint density at radius 1 is 1.19 bits per heavy atom. The van der Waals surface area contributed by atoms with Crippen molar-refractivity contribution in [3.05, 3.63) is 47.0 Å². The van der Waals surface area contributed by atoms with Crippen LogP contribution >= 0.6 is 23.4 Å². The number of hydrogen-bond acceptors (Lipinski definition) is 5. The summed E-state index contributed by atoms with van der Waals surface area (Å²) in [7, 11) is 0. The van der Waals surface area contributed by atoms with Gasteiger partial charge in [0.2, 0.25) is 0 Å². The predicted molar refractivity (Wildman–Crippen MR) is 102 cm³/mol. The SMILES string of the molecule is CSc1ccc(C(=O)NC2CCC(c3nc4cc(Cl)ccc4o3)CC2)o1. The number of aromatic nitrogens is 1. The van der Waals surface area contributed by atoms with Crippen LogP contribution in [0.3, 0.4) is 0 Å². The van der Waals surface area contributed by atoms with Crippen LogP contribution in [0.2, 0.25) is 5.02 Å². The molecular formula is C19H19ClN2O3S. The van der Waals surface area contributed by atoms with E-state index in [9.17, 15) is 4.79 Å². The Morgan fingerprint density at radius 2 is 2.00 bits per heavy atom. The van der Waals surface area contributed by atoms with Crippen LogP contribution in [0.15, 0.2) is 44.3 Å². The predicted octanol–water partition coefficient (Wildman–Crippen LogP) is 5.25. The fourth-order valence-corrected chi connectivity index (χ4v) is 3.93. The van der Waals surface area contributed by atoms with Gasteiger partial charge in [-0.05, 0) is 62.3 Å². The molecule has 0 spiro atoms. The summed E-state index contributed by atoms with van der Waals surface area (Å²) in [4.78, 5) is 16.9. The number of carbonyl (C=O) groups is 1. The lowest BCUT2D eigenvalue weighted by Crippen LogP contribution is -2.37. The number of benzene rings is 1. The van der Waals surface area contributed by atoms with E-state index in [1.165, 1.54) is 11.8 Å². The number of hydrogen-bond donors (Lipinski definition) is 1. The average molecular weight is 391 g/mol. The Morgan fingerprint density at radius 3 is 2.73 bits per heavy atom. The molecule has 2 heterocycles. The van der Waals surface area contributed by atoms with Gasteiger partial charge >= 0.3 is 0 Å². The molecular weight excluding hydrogens is 372 g/mol. The first kappa shape index (κ1) is 17.5. The zero-order chi connectivity index (χ0) is 18.1. The molecule has 0 atom stereocenters. The number of carbonyl (C=O) groups excluding carboxylic acids is 1. The first-order chi connectivity index (χ1) is 12.6. The largest absolute Gasteiger partial charge is 0.445 e. The van der Waals surface area contributed by atoms with Crippen molar-refractivity contribution >= 4 is 40.4 Å². The van der Waals surface area contributed by atoms with E-state index in [1.807, 2.05) is 30.5 Å². The van der Waals surface area contributed by atoms with Gasteiger partial charge in [0, 0.05) is 17.0 Å². The van der Waals surface area contributed by atoms with E-state index in [4.69, 9.17) is 20.4 Å². The molecule has 7 heteroatoms. The number of halogens is 1. The van der Waals surface area contributed by atoms with Gasteiger partial charge in [-0.25, -0.2) is 4.98 Å². The molecule has 2 aromatic heterocycles. The third kappa shape index (κ3) is 3.62. The van der Waals surface area contributed by atoms with Crippen LogP contribution in [0.25, 0.3) is 11.1 Å². The lowest BCUT2D eigenvalue weighted by Gasteiger charge is -2.27. The normalized spacial score (nSPS) is 20.4. The van der Waals surface area contributed by atoms with E-state index in [0.29, 0.717) is 10.8 Å². The number of amides is 1. The second kappa shape index (κ2) is 7.37. The molecule has 0 radical (unpaired) electrons. The highest BCUT2D eigenvalue weighted by Gasteiger charge is 2.27. The fourth-order valence-electron chi connectivity index (χ4n) is 3.39. The Bertz CT molecular complexity index is 928. The van der Waals surface area contributed by atoms with E-state index in [-0.39, 0.29) is 17.9 Å². The molecule has 1 aromatic carbocycles. The van der Waals surface area contributed by atoms with Crippen LogP contribution in [-0.4, -0.2) is 23.2 Å². The zero-order valence-electron chi connectivity index (χ0n) is 14.3. The van der Waals surface area contributed by atoms with E-state index < -0.39 is 0 Å². The summed E-state index contributed by atoms with van der Waals surface area (Å²) in [5.41, 5.74) is 1.56. The van der Waals surface area contributed by atoms with Gasteiger partial charge in [-0.15, -0.1) is 0 Å². The molecule has 5 nitrogen and oxygen atoms in total. The summed E-state index contributed by atoms with van der Waals surface area (Å²) in [6.45, 7) is 0. The summed E-state index contributed by atoms with van der Waals surface area (Å²) in [5, 5.41) is 4.47. The molecule has 1 aliphatic rings. The van der Waals surface area contributed by atoms with Crippen molar-refractivity contribution in [2.75, 3.05) is 6.26 Å². The van der Waals surface area contributed by atoms with Crippen LogP contribution in [-0.2, 0) is 0 Å². The van der Waals surface area contributed by atoms with E-state index in [1.54, 1.807) is 6.07 Å². The van der Waals surface area contributed by atoms with Crippen LogP contribution in [0, 0.1) is 0 Å². The second-order valence-corrected chi connectivity index (χ2v) is 7.76. The summed E-state index contributed by atoms with van der Waals surface area (Å²) in [6.07, 6.45) is 5.57. The van der Waals surface area contributed by atoms with Crippen molar-refractivity contribution in [2.24, 2.45) is 0 Å². The highest BCUT2D eigenvalue weighted by molar-refractivity contribution is 7.98. The summed E-state index contributed by atoms with van der Waals surface area (Å²) >= 11 is 7.49. The minimum Gasteiger partial charge on any atom is -0.445 e. The average Bonchev–Trinajstić information content (AvgIpc) is 3.28. The van der Waals surface area contributed by atoms with E-state index in [0.717, 1.165) is 47.8 Å². The first-order valence-electron chi connectivity index (χ1n) is 8.63. The molecule has 0 aliphatic heterocycles. The number of rotatable bonds is 4. The molecule has 3 aromatic rings. The van der Waals surface area contributed by atoms with Crippen molar-refractivity contribution in [3.63, 3.8) is 0 Å². The number of thioether (sulfide) groups is 1. The van der Waals surface area contributed by atoms with Gasteiger partial charge < -0.3 is 14.2 Å².